The van der Waals surface area contributed by atoms with Gasteiger partial charge in [0, 0.05) is 5.56 Å². The van der Waals surface area contributed by atoms with Gasteiger partial charge in [-0.3, -0.25) is 9.35 Å². The maximum atomic E-state index is 10.4. The van der Waals surface area contributed by atoms with Crippen molar-refractivity contribution < 1.29 is 73.9 Å². The molecule has 0 unspecified atom stereocenters. The first-order valence-corrected chi connectivity index (χ1v) is 6.25. The summed E-state index contributed by atoms with van der Waals surface area (Å²) in [6, 6.07) is 6.45. The fraction of sp³-hybridized carbons (Fsp3) is 0.300. The van der Waals surface area contributed by atoms with E-state index in [1.54, 1.807) is 24.3 Å². The Labute approximate surface area is 143 Å². The summed E-state index contributed by atoms with van der Waals surface area (Å²) in [4.78, 5) is 10.4. The molecule has 1 N–H and O–H groups in total. The Morgan fingerprint density at radius 2 is 1.82 bits per heavy atom. The third-order valence-electron chi connectivity index (χ3n) is 1.83. The minimum Gasteiger partial charge on any atom is -0.494 e. The van der Waals surface area contributed by atoms with Crippen LogP contribution in [0, 0.1) is 0 Å². The predicted molar refractivity (Wildman–Crippen MR) is 58.4 cm³/mol. The molecule has 0 aliphatic heterocycles. The van der Waals surface area contributed by atoms with Crippen LogP contribution in [0.4, 0.5) is 0 Å². The molecule has 7 heteroatoms. The molecule has 0 spiro atoms. The summed E-state index contributed by atoms with van der Waals surface area (Å²) >= 11 is 0. The zero-order valence-electron chi connectivity index (χ0n) is 9.50. The van der Waals surface area contributed by atoms with Gasteiger partial charge in [-0.25, -0.2) is 0 Å². The second-order valence-electron chi connectivity index (χ2n) is 3.17. The average Bonchev–Trinajstić information content (AvgIpc) is 2.24. The van der Waals surface area contributed by atoms with Crippen LogP contribution in [0.5, 0.6) is 5.75 Å². The Morgan fingerprint density at radius 1 is 1.24 bits per heavy atom. The van der Waals surface area contributed by atoms with E-state index in [-0.39, 0.29) is 70.2 Å². The van der Waals surface area contributed by atoms with E-state index in [4.69, 9.17) is 9.29 Å². The maximum absolute atomic E-state index is 10.4. The van der Waals surface area contributed by atoms with Crippen molar-refractivity contribution in [2.24, 2.45) is 0 Å². The van der Waals surface area contributed by atoms with Crippen LogP contribution < -0.4 is 56.1 Å². The van der Waals surface area contributed by atoms with Crippen molar-refractivity contribution in [3.63, 3.8) is 0 Å². The van der Waals surface area contributed by atoms with Gasteiger partial charge < -0.3 is 4.74 Å². The maximum Gasteiger partial charge on any atom is 1.00 e. The largest absolute Gasteiger partial charge is 1.00 e. The topological polar surface area (TPSA) is 80.7 Å². The molecule has 0 fully saturated rings. The first-order valence-electron chi connectivity index (χ1n) is 4.64. The van der Waals surface area contributed by atoms with Crippen molar-refractivity contribution in [2.75, 3.05) is 12.4 Å². The van der Waals surface area contributed by atoms with Crippen LogP contribution in [-0.4, -0.2) is 31.6 Å². The van der Waals surface area contributed by atoms with E-state index in [0.717, 1.165) is 6.29 Å². The van der Waals surface area contributed by atoms with E-state index in [9.17, 15) is 13.2 Å². The van der Waals surface area contributed by atoms with Crippen LogP contribution in [0.2, 0.25) is 0 Å². The van der Waals surface area contributed by atoms with Crippen molar-refractivity contribution >= 4 is 16.4 Å². The van der Waals surface area contributed by atoms with Crippen molar-refractivity contribution in [3.8, 4) is 5.75 Å². The summed E-state index contributed by atoms with van der Waals surface area (Å²) in [6.07, 6.45) is 0.941. The molecule has 0 saturated heterocycles. The van der Waals surface area contributed by atoms with E-state index >= 15 is 0 Å². The predicted octanol–water partition coefficient (Wildman–Crippen LogP) is -1.84. The molecule has 1 rings (SSSR count). The number of hydrogen-bond acceptors (Lipinski definition) is 4. The Bertz CT molecular complexity index is 440. The number of aldehydes is 1. The van der Waals surface area contributed by atoms with Crippen molar-refractivity contribution in [1.82, 2.24) is 0 Å². The zero-order chi connectivity index (χ0) is 12.0. The van der Waals surface area contributed by atoms with Gasteiger partial charge >= 0.3 is 51.4 Å². The van der Waals surface area contributed by atoms with Crippen LogP contribution in [-0.2, 0) is 10.1 Å². The van der Waals surface area contributed by atoms with Crippen LogP contribution in [0.1, 0.15) is 16.8 Å². The number of hydrogen-bond donors (Lipinski definition) is 1. The van der Waals surface area contributed by atoms with Crippen LogP contribution in [0.25, 0.3) is 0 Å². The second kappa shape index (κ2) is 8.36. The smallest absolute Gasteiger partial charge is 0.494 e. The second-order valence-corrected chi connectivity index (χ2v) is 4.75. The molecule has 17 heavy (non-hydrogen) atoms. The van der Waals surface area contributed by atoms with Gasteiger partial charge in [-0.2, -0.15) is 8.42 Å². The van der Waals surface area contributed by atoms with E-state index in [1.165, 1.54) is 0 Å². The molecular weight excluding hydrogens is 271 g/mol. The van der Waals surface area contributed by atoms with Crippen LogP contribution in [0.3, 0.4) is 0 Å². The fourth-order valence-electron chi connectivity index (χ4n) is 1.07. The summed E-state index contributed by atoms with van der Waals surface area (Å²) in [5.41, 5.74) is 0.547. The van der Waals surface area contributed by atoms with Gasteiger partial charge in [0.2, 0.25) is 0 Å². The van der Waals surface area contributed by atoms with E-state index < -0.39 is 10.1 Å². The molecule has 5 nitrogen and oxygen atoms in total. The van der Waals surface area contributed by atoms with Gasteiger partial charge in [0.1, 0.15) is 12.0 Å². The number of benzene rings is 1. The monoisotopic (exact) mass is 283 g/mol. The molecule has 0 aromatic heterocycles. The van der Waals surface area contributed by atoms with E-state index in [2.05, 4.69) is 0 Å². The Hall–Kier alpha value is 0.236. The summed E-state index contributed by atoms with van der Waals surface area (Å²) in [5, 5.41) is 0. The van der Waals surface area contributed by atoms with Crippen molar-refractivity contribution in [3.05, 3.63) is 29.8 Å². The molecule has 0 radical (unpaired) electrons. The summed E-state index contributed by atoms with van der Waals surface area (Å²) in [6.45, 7) is 0.195. The first-order chi connectivity index (χ1) is 7.51. The molecule has 0 heterocycles. The van der Waals surface area contributed by atoms with Gasteiger partial charge in [-0.05, 0) is 30.7 Å². The third-order valence-corrected chi connectivity index (χ3v) is 2.64. The molecule has 0 aliphatic carbocycles. The number of rotatable bonds is 6. The molecule has 0 aliphatic rings. The molecule has 0 bridgehead atoms. The normalized spacial score (nSPS) is 10.4. The Morgan fingerprint density at radius 3 is 2.29 bits per heavy atom. The van der Waals surface area contributed by atoms with Gasteiger partial charge in [0.15, 0.2) is 0 Å². The zero-order valence-corrected chi connectivity index (χ0v) is 13.4. The van der Waals surface area contributed by atoms with E-state index in [0.29, 0.717) is 11.3 Å². The minimum absolute atomic E-state index is 0. The number of carbonyl (C=O) groups is 1. The Kier molecular flexibility index (Phi) is 8.47. The molecular formula is C10H12KO5S+. The number of ether oxygens (including phenoxy) is 1. The van der Waals surface area contributed by atoms with Gasteiger partial charge in [0.25, 0.3) is 10.1 Å². The molecule has 1 aromatic carbocycles. The van der Waals surface area contributed by atoms with E-state index in [1.807, 2.05) is 0 Å². The average molecular weight is 283 g/mol. The van der Waals surface area contributed by atoms with Gasteiger partial charge in [-0.1, -0.05) is 0 Å². The first kappa shape index (κ1) is 17.2. The number of carbonyl (C=O) groups excluding carboxylic acids is 1. The van der Waals surface area contributed by atoms with Crippen LogP contribution >= 0.6 is 0 Å². The summed E-state index contributed by atoms with van der Waals surface area (Å²) in [5.74, 6) is 0.236. The Balaban J connectivity index is 0.00000256. The van der Waals surface area contributed by atoms with Gasteiger partial charge in [-0.15, -0.1) is 0 Å². The third kappa shape index (κ3) is 8.04. The minimum atomic E-state index is -3.92. The standard InChI is InChI=1S/C10H12O5S.K/c11-8-9-2-4-10(5-3-9)15-6-1-7-16(12,13)14;/h2-5,8H,1,6-7H2,(H,12,13,14);/q;+1. The molecule has 0 atom stereocenters. The van der Waals surface area contributed by atoms with Crippen LogP contribution in [0.15, 0.2) is 24.3 Å². The fourth-order valence-corrected chi connectivity index (χ4v) is 1.56. The van der Waals surface area contributed by atoms with Crippen molar-refractivity contribution in [1.29, 1.82) is 0 Å². The SMILES string of the molecule is O=Cc1ccc(OCCCS(=O)(=O)O)cc1.[K+]. The molecule has 88 valence electrons. The quantitative estimate of drug-likeness (QED) is 0.287. The summed E-state index contributed by atoms with van der Waals surface area (Å²) in [7, 11) is -3.92. The van der Waals surface area contributed by atoms with Gasteiger partial charge in [0.05, 0.1) is 12.4 Å². The summed E-state index contributed by atoms with van der Waals surface area (Å²) < 4.78 is 34.4. The molecule has 1 aromatic rings. The van der Waals surface area contributed by atoms with Crippen molar-refractivity contribution in [2.45, 2.75) is 6.42 Å². The molecule has 0 saturated carbocycles. The molecule has 0 amide bonds.